The maximum atomic E-state index is 12.3. The minimum atomic E-state index is -0.123. The zero-order chi connectivity index (χ0) is 13.7. The Hall–Kier alpha value is -0.610. The van der Waals surface area contributed by atoms with Crippen LogP contribution >= 0.6 is 0 Å². The van der Waals surface area contributed by atoms with E-state index in [1.54, 1.807) is 0 Å². The standard InChI is InChI=1S/C15H28N2O2/c1-13(14(19)17-9-5-2-6-10-17)16-11-15(12-18)7-3-4-8-15/h13,16,18H,2-12H2,1H3. The molecule has 4 nitrogen and oxygen atoms in total. The van der Waals surface area contributed by atoms with Gasteiger partial charge in [-0.15, -0.1) is 0 Å². The van der Waals surface area contributed by atoms with E-state index in [2.05, 4.69) is 5.32 Å². The molecule has 2 rings (SSSR count). The number of nitrogens with one attached hydrogen (secondary N) is 1. The van der Waals surface area contributed by atoms with Gasteiger partial charge in [0.15, 0.2) is 0 Å². The number of piperidine rings is 1. The highest BCUT2D eigenvalue weighted by molar-refractivity contribution is 5.81. The molecule has 4 heteroatoms. The maximum absolute atomic E-state index is 12.3. The second-order valence-electron chi connectivity index (χ2n) is 6.35. The summed E-state index contributed by atoms with van der Waals surface area (Å²) in [6.07, 6.45) is 8.10. The van der Waals surface area contributed by atoms with Gasteiger partial charge in [0, 0.05) is 31.7 Å². The van der Waals surface area contributed by atoms with Gasteiger partial charge in [0.25, 0.3) is 0 Å². The van der Waals surface area contributed by atoms with Crippen molar-refractivity contribution in [3.63, 3.8) is 0 Å². The fraction of sp³-hybridized carbons (Fsp3) is 0.933. The van der Waals surface area contributed by atoms with Crippen molar-refractivity contribution in [3.8, 4) is 0 Å². The van der Waals surface area contributed by atoms with Gasteiger partial charge in [-0.25, -0.2) is 0 Å². The van der Waals surface area contributed by atoms with Crippen molar-refractivity contribution in [1.29, 1.82) is 0 Å². The fourth-order valence-corrected chi connectivity index (χ4v) is 3.36. The molecule has 0 bridgehead atoms. The number of carbonyl (C=O) groups excluding carboxylic acids is 1. The van der Waals surface area contributed by atoms with Crippen LogP contribution in [-0.2, 0) is 4.79 Å². The molecule has 1 aliphatic heterocycles. The summed E-state index contributed by atoms with van der Waals surface area (Å²) in [6.45, 7) is 4.79. The molecule has 0 spiro atoms. The maximum Gasteiger partial charge on any atom is 0.239 e. The number of rotatable bonds is 5. The van der Waals surface area contributed by atoms with Crippen LogP contribution in [-0.4, -0.2) is 48.2 Å². The molecule has 1 unspecified atom stereocenters. The van der Waals surface area contributed by atoms with Gasteiger partial charge in [0.1, 0.15) is 0 Å². The molecule has 2 aliphatic rings. The van der Waals surface area contributed by atoms with E-state index >= 15 is 0 Å². The van der Waals surface area contributed by atoms with Gasteiger partial charge in [-0.1, -0.05) is 12.8 Å². The highest BCUT2D eigenvalue weighted by atomic mass is 16.3. The number of aliphatic hydroxyl groups is 1. The topological polar surface area (TPSA) is 52.6 Å². The van der Waals surface area contributed by atoms with Crippen molar-refractivity contribution in [3.05, 3.63) is 0 Å². The molecule has 1 heterocycles. The van der Waals surface area contributed by atoms with Crippen molar-refractivity contribution >= 4 is 5.91 Å². The summed E-state index contributed by atoms with van der Waals surface area (Å²) >= 11 is 0. The van der Waals surface area contributed by atoms with E-state index in [4.69, 9.17) is 0 Å². The Morgan fingerprint density at radius 1 is 1.21 bits per heavy atom. The van der Waals surface area contributed by atoms with E-state index in [0.717, 1.165) is 45.3 Å². The summed E-state index contributed by atoms with van der Waals surface area (Å²) in [7, 11) is 0. The average molecular weight is 268 g/mol. The lowest BCUT2D eigenvalue weighted by molar-refractivity contribution is -0.134. The van der Waals surface area contributed by atoms with Gasteiger partial charge < -0.3 is 15.3 Å². The number of aliphatic hydroxyl groups excluding tert-OH is 1. The molecule has 2 N–H and O–H groups in total. The van der Waals surface area contributed by atoms with Crippen LogP contribution in [0.15, 0.2) is 0 Å². The molecule has 1 saturated carbocycles. The third-order valence-corrected chi connectivity index (χ3v) is 4.82. The first-order valence-corrected chi connectivity index (χ1v) is 7.80. The summed E-state index contributed by atoms with van der Waals surface area (Å²) in [5.41, 5.74) is 0.0242. The largest absolute Gasteiger partial charge is 0.396 e. The van der Waals surface area contributed by atoms with E-state index < -0.39 is 0 Å². The number of hydrogen-bond acceptors (Lipinski definition) is 3. The van der Waals surface area contributed by atoms with Gasteiger partial charge in [-0.3, -0.25) is 4.79 Å². The Morgan fingerprint density at radius 3 is 2.42 bits per heavy atom. The van der Waals surface area contributed by atoms with Crippen molar-refractivity contribution in [2.24, 2.45) is 5.41 Å². The highest BCUT2D eigenvalue weighted by Crippen LogP contribution is 2.36. The normalized spacial score (nSPS) is 24.4. The molecule has 2 fully saturated rings. The summed E-state index contributed by atoms with van der Waals surface area (Å²) < 4.78 is 0. The molecule has 1 atom stereocenters. The molecular weight excluding hydrogens is 240 g/mol. The van der Waals surface area contributed by atoms with Crippen LogP contribution in [0.25, 0.3) is 0 Å². The van der Waals surface area contributed by atoms with Crippen LogP contribution in [0.2, 0.25) is 0 Å². The Morgan fingerprint density at radius 2 is 1.84 bits per heavy atom. The predicted octanol–water partition coefficient (Wildman–Crippen LogP) is 1.53. The van der Waals surface area contributed by atoms with Gasteiger partial charge in [-0.05, 0) is 39.0 Å². The molecule has 0 aromatic heterocycles. The number of amides is 1. The van der Waals surface area contributed by atoms with Gasteiger partial charge in [-0.2, -0.15) is 0 Å². The number of carbonyl (C=O) groups is 1. The fourth-order valence-electron chi connectivity index (χ4n) is 3.36. The van der Waals surface area contributed by atoms with Crippen molar-refractivity contribution in [2.45, 2.75) is 57.9 Å². The second-order valence-corrected chi connectivity index (χ2v) is 6.35. The minimum Gasteiger partial charge on any atom is -0.396 e. The van der Waals surface area contributed by atoms with Crippen LogP contribution in [0.3, 0.4) is 0 Å². The second kappa shape index (κ2) is 6.71. The van der Waals surface area contributed by atoms with Crippen LogP contribution in [0, 0.1) is 5.41 Å². The van der Waals surface area contributed by atoms with Crippen molar-refractivity contribution < 1.29 is 9.90 Å². The molecular formula is C15H28N2O2. The van der Waals surface area contributed by atoms with E-state index in [-0.39, 0.29) is 24.0 Å². The lowest BCUT2D eigenvalue weighted by atomic mass is 9.87. The van der Waals surface area contributed by atoms with Crippen molar-refractivity contribution in [2.75, 3.05) is 26.2 Å². The van der Waals surface area contributed by atoms with Gasteiger partial charge in [0.2, 0.25) is 5.91 Å². The smallest absolute Gasteiger partial charge is 0.239 e. The third-order valence-electron chi connectivity index (χ3n) is 4.82. The Bertz CT molecular complexity index is 295. The third kappa shape index (κ3) is 3.69. The quantitative estimate of drug-likeness (QED) is 0.795. The monoisotopic (exact) mass is 268 g/mol. The van der Waals surface area contributed by atoms with Crippen LogP contribution < -0.4 is 5.32 Å². The lowest BCUT2D eigenvalue weighted by Crippen LogP contribution is -2.49. The lowest BCUT2D eigenvalue weighted by Gasteiger charge is -2.32. The summed E-state index contributed by atoms with van der Waals surface area (Å²) in [5, 5.41) is 12.9. The Balaban J connectivity index is 1.79. The van der Waals surface area contributed by atoms with Gasteiger partial charge >= 0.3 is 0 Å². The summed E-state index contributed by atoms with van der Waals surface area (Å²) in [4.78, 5) is 14.3. The SMILES string of the molecule is CC(NCC1(CO)CCCC1)C(=O)N1CCCCC1. The van der Waals surface area contributed by atoms with E-state index in [0.29, 0.717) is 0 Å². The van der Waals surface area contributed by atoms with E-state index in [1.807, 2.05) is 11.8 Å². The first-order valence-electron chi connectivity index (χ1n) is 7.80. The Labute approximate surface area is 116 Å². The summed E-state index contributed by atoms with van der Waals surface area (Å²) in [6, 6.07) is -0.123. The van der Waals surface area contributed by atoms with E-state index in [9.17, 15) is 9.90 Å². The Kier molecular flexibility index (Phi) is 5.22. The van der Waals surface area contributed by atoms with Crippen molar-refractivity contribution in [1.82, 2.24) is 10.2 Å². The number of hydrogen-bond donors (Lipinski definition) is 2. The highest BCUT2D eigenvalue weighted by Gasteiger charge is 2.34. The average Bonchev–Trinajstić information content (AvgIpc) is 2.94. The first-order chi connectivity index (χ1) is 9.17. The molecule has 1 saturated heterocycles. The molecule has 19 heavy (non-hydrogen) atoms. The number of likely N-dealkylation sites (tertiary alicyclic amines) is 1. The first kappa shape index (κ1) is 14.8. The van der Waals surface area contributed by atoms with E-state index in [1.165, 1.54) is 19.3 Å². The van der Waals surface area contributed by atoms with Crippen LogP contribution in [0.4, 0.5) is 0 Å². The molecule has 1 aliphatic carbocycles. The molecule has 0 radical (unpaired) electrons. The van der Waals surface area contributed by atoms with Crippen LogP contribution in [0.5, 0.6) is 0 Å². The molecule has 1 amide bonds. The number of nitrogens with zero attached hydrogens (tertiary/aromatic N) is 1. The zero-order valence-electron chi connectivity index (χ0n) is 12.2. The summed E-state index contributed by atoms with van der Waals surface area (Å²) in [5.74, 6) is 0.228. The van der Waals surface area contributed by atoms with Crippen LogP contribution in [0.1, 0.15) is 51.9 Å². The minimum absolute atomic E-state index is 0.0242. The zero-order valence-corrected chi connectivity index (χ0v) is 12.2. The predicted molar refractivity (Wildman–Crippen MR) is 75.9 cm³/mol. The molecule has 0 aromatic carbocycles. The molecule has 0 aromatic rings. The molecule has 110 valence electrons. The van der Waals surface area contributed by atoms with Gasteiger partial charge in [0.05, 0.1) is 6.04 Å².